The highest BCUT2D eigenvalue weighted by atomic mass is 16.5. The average Bonchev–Trinajstić information content (AvgIpc) is 2.49. The van der Waals surface area contributed by atoms with Gasteiger partial charge in [-0.1, -0.05) is 12.1 Å². The minimum absolute atomic E-state index is 0.145. The van der Waals surface area contributed by atoms with Gasteiger partial charge < -0.3 is 9.47 Å². The van der Waals surface area contributed by atoms with E-state index in [1.807, 2.05) is 26.0 Å². The maximum atomic E-state index is 5.79. The second-order valence-electron chi connectivity index (χ2n) is 6.02. The lowest BCUT2D eigenvalue weighted by Gasteiger charge is -2.25. The molecule has 1 saturated heterocycles. The van der Waals surface area contributed by atoms with Crippen LogP contribution in [0.4, 0.5) is 0 Å². The molecular formula is C17H28N2O2. The third-order valence-electron chi connectivity index (χ3n) is 3.88. The first-order valence-electron chi connectivity index (χ1n) is 8.03. The molecule has 1 aliphatic heterocycles. The van der Waals surface area contributed by atoms with Gasteiger partial charge in [0, 0.05) is 12.6 Å². The largest absolute Gasteiger partial charge is 0.491 e. The summed E-state index contributed by atoms with van der Waals surface area (Å²) in [6.45, 7) is 4.97. The van der Waals surface area contributed by atoms with E-state index in [0.717, 1.165) is 25.2 Å². The number of benzene rings is 1. The maximum absolute atomic E-state index is 5.79. The summed E-state index contributed by atoms with van der Waals surface area (Å²) in [6.07, 6.45) is 6.25. The fraction of sp³-hybridized carbons (Fsp3) is 0.647. The van der Waals surface area contributed by atoms with Crippen molar-refractivity contribution in [2.24, 2.45) is 5.84 Å². The highest BCUT2D eigenvalue weighted by Gasteiger charge is 2.17. The lowest BCUT2D eigenvalue weighted by Crippen LogP contribution is -2.29. The van der Waals surface area contributed by atoms with Crippen molar-refractivity contribution in [1.29, 1.82) is 0 Å². The van der Waals surface area contributed by atoms with Gasteiger partial charge in [-0.3, -0.25) is 11.3 Å². The molecular weight excluding hydrogens is 264 g/mol. The fourth-order valence-electron chi connectivity index (χ4n) is 2.81. The monoisotopic (exact) mass is 292 g/mol. The molecule has 1 aromatic carbocycles. The summed E-state index contributed by atoms with van der Waals surface area (Å²) < 4.78 is 11.5. The third-order valence-corrected chi connectivity index (χ3v) is 3.88. The van der Waals surface area contributed by atoms with E-state index in [-0.39, 0.29) is 12.1 Å². The van der Waals surface area contributed by atoms with Gasteiger partial charge in [0.1, 0.15) is 5.75 Å². The van der Waals surface area contributed by atoms with Gasteiger partial charge in [0.15, 0.2) is 0 Å². The third kappa shape index (κ3) is 5.30. The molecule has 0 amide bonds. The summed E-state index contributed by atoms with van der Waals surface area (Å²) in [5, 5.41) is 0. The number of nitrogens with two attached hydrogens (primary N) is 1. The van der Waals surface area contributed by atoms with Crippen molar-refractivity contribution in [3.8, 4) is 5.75 Å². The van der Waals surface area contributed by atoms with Crippen molar-refractivity contribution in [3.63, 3.8) is 0 Å². The van der Waals surface area contributed by atoms with E-state index in [1.165, 1.54) is 24.8 Å². The Kier molecular flexibility index (Phi) is 6.49. The summed E-state index contributed by atoms with van der Waals surface area (Å²) in [6, 6.07) is 8.33. The molecule has 2 rings (SSSR count). The quantitative estimate of drug-likeness (QED) is 0.598. The molecule has 0 aromatic heterocycles. The normalized spacial score (nSPS) is 20.5. The van der Waals surface area contributed by atoms with Gasteiger partial charge in [-0.25, -0.2) is 0 Å². The van der Waals surface area contributed by atoms with Gasteiger partial charge in [0.05, 0.1) is 12.2 Å². The Morgan fingerprint density at radius 2 is 2.24 bits per heavy atom. The van der Waals surface area contributed by atoms with Crippen molar-refractivity contribution in [3.05, 3.63) is 29.8 Å². The molecule has 0 aliphatic carbocycles. The molecule has 1 heterocycles. The SMILES string of the molecule is CC(C)Oc1cccc(C(CCC2CCCCO2)NN)c1. The highest BCUT2D eigenvalue weighted by molar-refractivity contribution is 5.30. The van der Waals surface area contributed by atoms with Gasteiger partial charge in [-0.05, 0) is 63.6 Å². The van der Waals surface area contributed by atoms with Crippen LogP contribution in [0.2, 0.25) is 0 Å². The van der Waals surface area contributed by atoms with Crippen LogP contribution in [0.3, 0.4) is 0 Å². The predicted molar refractivity (Wildman–Crippen MR) is 85.1 cm³/mol. The summed E-state index contributed by atoms with van der Waals surface area (Å²) in [7, 11) is 0. The van der Waals surface area contributed by atoms with E-state index in [4.69, 9.17) is 15.3 Å². The summed E-state index contributed by atoms with van der Waals surface area (Å²) in [5.41, 5.74) is 4.10. The molecule has 1 aliphatic rings. The highest BCUT2D eigenvalue weighted by Crippen LogP contribution is 2.26. The van der Waals surface area contributed by atoms with Gasteiger partial charge >= 0.3 is 0 Å². The van der Waals surface area contributed by atoms with E-state index in [2.05, 4.69) is 17.6 Å². The zero-order chi connectivity index (χ0) is 15.1. The smallest absolute Gasteiger partial charge is 0.120 e. The average molecular weight is 292 g/mol. The molecule has 0 radical (unpaired) electrons. The lowest BCUT2D eigenvalue weighted by atomic mass is 9.97. The molecule has 118 valence electrons. The van der Waals surface area contributed by atoms with E-state index in [0.29, 0.717) is 6.10 Å². The molecule has 1 aromatic rings. The molecule has 4 nitrogen and oxygen atoms in total. The first kappa shape index (κ1) is 16.3. The number of ether oxygens (including phenoxy) is 2. The van der Waals surface area contributed by atoms with Crippen molar-refractivity contribution in [1.82, 2.24) is 5.43 Å². The Labute approximate surface area is 128 Å². The molecule has 3 N–H and O–H groups in total. The van der Waals surface area contributed by atoms with Crippen LogP contribution in [0.1, 0.15) is 57.6 Å². The first-order chi connectivity index (χ1) is 10.2. The Bertz CT molecular complexity index is 417. The van der Waals surface area contributed by atoms with Gasteiger partial charge in [0.25, 0.3) is 0 Å². The minimum Gasteiger partial charge on any atom is -0.491 e. The van der Waals surface area contributed by atoms with Gasteiger partial charge in [0.2, 0.25) is 0 Å². The van der Waals surface area contributed by atoms with Crippen LogP contribution in [0.15, 0.2) is 24.3 Å². The zero-order valence-electron chi connectivity index (χ0n) is 13.2. The topological polar surface area (TPSA) is 56.5 Å². The van der Waals surface area contributed by atoms with Gasteiger partial charge in [-0.2, -0.15) is 0 Å². The molecule has 4 heteroatoms. The minimum atomic E-state index is 0.145. The fourth-order valence-corrected chi connectivity index (χ4v) is 2.81. The number of nitrogens with one attached hydrogen (secondary N) is 1. The maximum Gasteiger partial charge on any atom is 0.120 e. The molecule has 0 bridgehead atoms. The Morgan fingerprint density at radius 3 is 2.90 bits per heavy atom. The standard InChI is InChI=1S/C17H28N2O2/c1-13(2)21-16-8-5-6-14(12-16)17(19-18)10-9-15-7-3-4-11-20-15/h5-6,8,12-13,15,17,19H,3-4,7,9-11,18H2,1-2H3. The van der Waals surface area contributed by atoms with Crippen molar-refractivity contribution in [2.75, 3.05) is 6.61 Å². The van der Waals surface area contributed by atoms with Crippen LogP contribution in [-0.2, 0) is 4.74 Å². The summed E-state index contributed by atoms with van der Waals surface area (Å²) in [5.74, 6) is 6.64. The molecule has 21 heavy (non-hydrogen) atoms. The van der Waals surface area contributed by atoms with Crippen molar-refractivity contribution < 1.29 is 9.47 Å². The number of hydrogen-bond donors (Lipinski definition) is 2. The number of hydrazine groups is 1. The Morgan fingerprint density at radius 1 is 1.38 bits per heavy atom. The van der Waals surface area contributed by atoms with Crippen LogP contribution in [-0.4, -0.2) is 18.8 Å². The van der Waals surface area contributed by atoms with Crippen LogP contribution in [0.5, 0.6) is 5.75 Å². The zero-order valence-corrected chi connectivity index (χ0v) is 13.2. The molecule has 2 unspecified atom stereocenters. The predicted octanol–water partition coefficient (Wildman–Crippen LogP) is 3.33. The van der Waals surface area contributed by atoms with E-state index in [1.54, 1.807) is 0 Å². The van der Waals surface area contributed by atoms with E-state index >= 15 is 0 Å². The Hall–Kier alpha value is -1.10. The van der Waals surface area contributed by atoms with E-state index in [9.17, 15) is 0 Å². The van der Waals surface area contributed by atoms with Crippen LogP contribution in [0.25, 0.3) is 0 Å². The second-order valence-corrected chi connectivity index (χ2v) is 6.02. The van der Waals surface area contributed by atoms with Crippen LogP contribution < -0.4 is 16.0 Å². The second kappa shape index (κ2) is 8.37. The summed E-state index contributed by atoms with van der Waals surface area (Å²) >= 11 is 0. The lowest BCUT2D eigenvalue weighted by molar-refractivity contribution is 0.00854. The Balaban J connectivity index is 1.92. The molecule has 0 saturated carbocycles. The van der Waals surface area contributed by atoms with Crippen molar-refractivity contribution >= 4 is 0 Å². The first-order valence-corrected chi connectivity index (χ1v) is 8.03. The molecule has 2 atom stereocenters. The van der Waals surface area contributed by atoms with Crippen LogP contribution >= 0.6 is 0 Å². The van der Waals surface area contributed by atoms with Gasteiger partial charge in [-0.15, -0.1) is 0 Å². The van der Waals surface area contributed by atoms with Crippen molar-refractivity contribution in [2.45, 2.75) is 64.2 Å². The number of rotatable bonds is 7. The van der Waals surface area contributed by atoms with Crippen LogP contribution in [0, 0.1) is 0 Å². The summed E-state index contributed by atoms with van der Waals surface area (Å²) in [4.78, 5) is 0. The molecule has 1 fully saturated rings. The number of hydrogen-bond acceptors (Lipinski definition) is 4. The van der Waals surface area contributed by atoms with E-state index < -0.39 is 0 Å². The molecule has 0 spiro atoms.